The maximum atomic E-state index is 11.1. The average Bonchev–Trinajstić information content (AvgIpc) is 2.52. The van der Waals surface area contributed by atoms with Crippen molar-refractivity contribution in [2.75, 3.05) is 6.54 Å². The molecule has 1 aromatic rings. The zero-order chi connectivity index (χ0) is 17.3. The van der Waals surface area contributed by atoms with Crippen molar-refractivity contribution in [3.63, 3.8) is 0 Å². The highest BCUT2D eigenvalue weighted by molar-refractivity contribution is 5.76. The maximum Gasteiger partial charge on any atom is 0.236 e. The highest BCUT2D eigenvalue weighted by Gasteiger charge is 2.18. The van der Waals surface area contributed by atoms with Crippen LogP contribution in [0.3, 0.4) is 0 Å². The molecular formula is C19H29N3O. The lowest BCUT2D eigenvalue weighted by atomic mass is 9.84. The molecular weight excluding hydrogens is 286 g/mol. The lowest BCUT2D eigenvalue weighted by molar-refractivity contribution is -0.117. The van der Waals surface area contributed by atoms with Crippen LogP contribution in [0, 0.1) is 5.41 Å². The summed E-state index contributed by atoms with van der Waals surface area (Å²) in [6.07, 6.45) is 4.62. The molecule has 0 aliphatic rings. The highest BCUT2D eigenvalue weighted by Crippen LogP contribution is 2.29. The third kappa shape index (κ3) is 7.63. The first kappa shape index (κ1) is 18.9. The lowest BCUT2D eigenvalue weighted by Gasteiger charge is -2.26. The van der Waals surface area contributed by atoms with Gasteiger partial charge in [-0.25, -0.2) is 0 Å². The first-order valence-electron chi connectivity index (χ1n) is 8.12. The van der Waals surface area contributed by atoms with Crippen LogP contribution in [0.2, 0.25) is 0 Å². The molecule has 1 rings (SSSR count). The molecule has 0 atom stereocenters. The smallest absolute Gasteiger partial charge is 0.236 e. The summed E-state index contributed by atoms with van der Waals surface area (Å²) < 4.78 is 0. The Morgan fingerprint density at radius 1 is 1.30 bits per heavy atom. The van der Waals surface area contributed by atoms with Crippen molar-refractivity contribution in [2.24, 2.45) is 16.1 Å². The van der Waals surface area contributed by atoms with Gasteiger partial charge in [0.05, 0.1) is 12.2 Å². The molecule has 0 bridgehead atoms. The van der Waals surface area contributed by atoms with Crippen LogP contribution >= 0.6 is 0 Å². The average molecular weight is 315 g/mol. The first-order valence-corrected chi connectivity index (χ1v) is 8.12. The SMILES string of the molecule is CCC(C)(C)C/C(NCC(N)=O)=C(/C)CC=Nc1ccccc1. The number of carbonyl (C=O) groups excluding carboxylic acids is 1. The van der Waals surface area contributed by atoms with Crippen LogP contribution < -0.4 is 11.1 Å². The Kier molecular flexibility index (Phi) is 7.52. The number of rotatable bonds is 9. The van der Waals surface area contributed by atoms with Gasteiger partial charge < -0.3 is 11.1 Å². The van der Waals surface area contributed by atoms with Gasteiger partial charge in [-0.3, -0.25) is 9.79 Å². The van der Waals surface area contributed by atoms with Gasteiger partial charge in [0, 0.05) is 18.3 Å². The molecule has 0 aromatic heterocycles. The summed E-state index contributed by atoms with van der Waals surface area (Å²) >= 11 is 0. The van der Waals surface area contributed by atoms with Gasteiger partial charge >= 0.3 is 0 Å². The predicted octanol–water partition coefficient (Wildman–Crippen LogP) is 3.95. The van der Waals surface area contributed by atoms with E-state index in [1.807, 2.05) is 36.5 Å². The Hall–Kier alpha value is -2.10. The zero-order valence-electron chi connectivity index (χ0n) is 14.7. The van der Waals surface area contributed by atoms with Gasteiger partial charge in [-0.05, 0) is 36.5 Å². The minimum atomic E-state index is -0.345. The van der Waals surface area contributed by atoms with Crippen LogP contribution in [0.1, 0.15) is 47.0 Å². The number of aliphatic imine (C=N–C) groups is 1. The lowest BCUT2D eigenvalue weighted by Crippen LogP contribution is -2.30. The fraction of sp³-hybridized carbons (Fsp3) is 0.474. The van der Waals surface area contributed by atoms with Crippen molar-refractivity contribution in [2.45, 2.75) is 47.0 Å². The summed E-state index contributed by atoms with van der Waals surface area (Å²) in [5.41, 5.74) is 8.67. The van der Waals surface area contributed by atoms with Crippen LogP contribution in [0.25, 0.3) is 0 Å². The molecule has 0 saturated heterocycles. The number of primary amides is 1. The number of hydrogen-bond donors (Lipinski definition) is 2. The molecule has 0 unspecified atom stereocenters. The Balaban J connectivity index is 2.81. The highest BCUT2D eigenvalue weighted by atomic mass is 16.1. The minimum Gasteiger partial charge on any atom is -0.380 e. The Bertz CT molecular complexity index is 559. The fourth-order valence-corrected chi connectivity index (χ4v) is 2.09. The van der Waals surface area contributed by atoms with E-state index in [-0.39, 0.29) is 17.9 Å². The van der Waals surface area contributed by atoms with Crippen molar-refractivity contribution in [3.05, 3.63) is 41.6 Å². The second-order valence-electron chi connectivity index (χ2n) is 6.62. The molecule has 23 heavy (non-hydrogen) atoms. The Labute approximate surface area is 139 Å². The molecule has 1 amide bonds. The number of hydrogen-bond acceptors (Lipinski definition) is 3. The largest absolute Gasteiger partial charge is 0.380 e. The topological polar surface area (TPSA) is 67.5 Å². The Morgan fingerprint density at radius 3 is 2.52 bits per heavy atom. The number of nitrogens with two attached hydrogens (primary N) is 1. The van der Waals surface area contributed by atoms with E-state index >= 15 is 0 Å². The molecule has 4 heteroatoms. The van der Waals surface area contributed by atoms with Crippen molar-refractivity contribution in [1.29, 1.82) is 0 Å². The minimum absolute atomic E-state index is 0.169. The van der Waals surface area contributed by atoms with Crippen LogP contribution in [0.15, 0.2) is 46.6 Å². The quantitative estimate of drug-likeness (QED) is 0.677. The summed E-state index contributed by atoms with van der Waals surface area (Å²) in [6.45, 7) is 8.88. The molecule has 4 nitrogen and oxygen atoms in total. The molecule has 1 aromatic carbocycles. The van der Waals surface area contributed by atoms with Crippen LogP contribution in [0.4, 0.5) is 5.69 Å². The number of benzene rings is 1. The summed E-state index contributed by atoms with van der Waals surface area (Å²) in [6, 6.07) is 9.87. The number of nitrogens with one attached hydrogen (secondary N) is 1. The molecule has 0 fully saturated rings. The fourth-order valence-electron chi connectivity index (χ4n) is 2.09. The third-order valence-electron chi connectivity index (χ3n) is 4.00. The maximum absolute atomic E-state index is 11.1. The van der Waals surface area contributed by atoms with E-state index in [9.17, 15) is 4.79 Å². The Morgan fingerprint density at radius 2 is 1.96 bits per heavy atom. The van der Waals surface area contributed by atoms with E-state index in [2.05, 4.69) is 38.0 Å². The van der Waals surface area contributed by atoms with Crippen LogP contribution in [0.5, 0.6) is 0 Å². The number of amides is 1. The van der Waals surface area contributed by atoms with Gasteiger partial charge in [0.25, 0.3) is 0 Å². The third-order valence-corrected chi connectivity index (χ3v) is 4.00. The van der Waals surface area contributed by atoms with E-state index in [0.717, 1.165) is 30.6 Å². The van der Waals surface area contributed by atoms with Crippen molar-refractivity contribution in [3.8, 4) is 0 Å². The van der Waals surface area contributed by atoms with E-state index in [1.165, 1.54) is 5.57 Å². The van der Waals surface area contributed by atoms with Crippen LogP contribution in [-0.2, 0) is 4.79 Å². The molecule has 0 aliphatic carbocycles. The number of carbonyl (C=O) groups is 1. The molecule has 0 spiro atoms. The predicted molar refractivity (Wildman–Crippen MR) is 97.8 cm³/mol. The monoisotopic (exact) mass is 315 g/mol. The summed E-state index contributed by atoms with van der Waals surface area (Å²) in [5, 5.41) is 3.20. The van der Waals surface area contributed by atoms with E-state index < -0.39 is 0 Å². The zero-order valence-corrected chi connectivity index (χ0v) is 14.7. The van der Waals surface area contributed by atoms with E-state index in [4.69, 9.17) is 5.73 Å². The summed E-state index contributed by atoms with van der Waals surface area (Å²) in [4.78, 5) is 15.5. The van der Waals surface area contributed by atoms with Crippen LogP contribution in [-0.4, -0.2) is 18.7 Å². The summed E-state index contributed by atoms with van der Waals surface area (Å²) in [7, 11) is 0. The van der Waals surface area contributed by atoms with Crippen molar-refractivity contribution in [1.82, 2.24) is 5.32 Å². The van der Waals surface area contributed by atoms with Crippen molar-refractivity contribution < 1.29 is 4.79 Å². The first-order chi connectivity index (χ1) is 10.8. The van der Waals surface area contributed by atoms with Gasteiger partial charge in [0.1, 0.15) is 0 Å². The van der Waals surface area contributed by atoms with Gasteiger partial charge in [-0.15, -0.1) is 0 Å². The summed E-state index contributed by atoms with van der Waals surface area (Å²) in [5.74, 6) is -0.345. The number of allylic oxidation sites excluding steroid dienone is 2. The van der Waals surface area contributed by atoms with E-state index in [0.29, 0.717) is 0 Å². The molecule has 0 saturated carbocycles. The van der Waals surface area contributed by atoms with Gasteiger partial charge in [-0.1, -0.05) is 45.4 Å². The van der Waals surface area contributed by atoms with Gasteiger partial charge in [0.15, 0.2) is 0 Å². The molecule has 0 radical (unpaired) electrons. The molecule has 3 N–H and O–H groups in total. The van der Waals surface area contributed by atoms with Gasteiger partial charge in [0.2, 0.25) is 5.91 Å². The number of para-hydroxylation sites is 1. The standard InChI is InChI=1S/C19H29N3O/c1-5-19(3,4)13-17(22-14-18(20)23)15(2)11-12-21-16-9-7-6-8-10-16/h6-10,12,22H,5,11,13-14H2,1-4H3,(H2,20,23)/b17-15+,21-12?. The van der Waals surface area contributed by atoms with Gasteiger partial charge in [-0.2, -0.15) is 0 Å². The van der Waals surface area contributed by atoms with E-state index in [1.54, 1.807) is 0 Å². The molecule has 126 valence electrons. The normalized spacial score (nSPS) is 13.0. The number of nitrogens with zero attached hydrogens (tertiary/aromatic N) is 1. The second-order valence-corrected chi connectivity index (χ2v) is 6.62. The molecule has 0 heterocycles. The van der Waals surface area contributed by atoms with Crippen molar-refractivity contribution >= 4 is 17.8 Å². The molecule has 0 aliphatic heterocycles. The second kappa shape index (κ2) is 9.13.